The van der Waals surface area contributed by atoms with Gasteiger partial charge in [-0.2, -0.15) is 8.42 Å². The second-order valence-electron chi connectivity index (χ2n) is 10.4. The summed E-state index contributed by atoms with van der Waals surface area (Å²) in [5.74, 6) is -0.812. The normalized spacial score (nSPS) is 20.8. The fraction of sp³-hybridized carbons (Fsp3) is 0.357. The molecule has 6 rings (SSSR count). The third kappa shape index (κ3) is 5.64. The fourth-order valence-corrected chi connectivity index (χ4v) is 8.54. The summed E-state index contributed by atoms with van der Waals surface area (Å²) >= 11 is 2.80. The third-order valence-electron chi connectivity index (χ3n) is 7.63. The number of amidine groups is 1. The van der Waals surface area contributed by atoms with Crippen molar-refractivity contribution in [3.8, 4) is 0 Å². The van der Waals surface area contributed by atoms with Gasteiger partial charge < -0.3 is 14.5 Å². The van der Waals surface area contributed by atoms with Crippen molar-refractivity contribution < 1.29 is 22.9 Å². The van der Waals surface area contributed by atoms with E-state index in [2.05, 4.69) is 26.2 Å². The Bertz CT molecular complexity index is 1780. The number of aromatic nitrogens is 2. The van der Waals surface area contributed by atoms with Gasteiger partial charge in [-0.25, -0.2) is 14.8 Å². The molecule has 2 saturated heterocycles. The summed E-state index contributed by atoms with van der Waals surface area (Å²) in [5, 5.41) is 14.1. The van der Waals surface area contributed by atoms with Crippen LogP contribution in [0.15, 0.2) is 63.2 Å². The lowest BCUT2D eigenvalue weighted by atomic mass is 9.83. The van der Waals surface area contributed by atoms with Crippen LogP contribution in [0.5, 0.6) is 0 Å². The van der Waals surface area contributed by atoms with Gasteiger partial charge in [-0.1, -0.05) is 12.1 Å². The van der Waals surface area contributed by atoms with Crippen LogP contribution in [0.4, 0.5) is 5.69 Å². The van der Waals surface area contributed by atoms with Crippen LogP contribution >= 0.6 is 22.7 Å². The minimum absolute atomic E-state index is 0.000220. The molecule has 15 heteroatoms. The predicted molar refractivity (Wildman–Crippen MR) is 163 cm³/mol. The van der Waals surface area contributed by atoms with E-state index in [1.807, 2.05) is 24.3 Å². The molecule has 2 atom stereocenters. The minimum atomic E-state index is -4.25. The van der Waals surface area contributed by atoms with E-state index in [-0.39, 0.29) is 35.0 Å². The van der Waals surface area contributed by atoms with Gasteiger partial charge in [-0.05, 0) is 64.2 Å². The van der Waals surface area contributed by atoms with Gasteiger partial charge in [-0.15, -0.1) is 27.1 Å². The number of non-ortho nitro benzene ring substituents is 1. The van der Waals surface area contributed by atoms with E-state index >= 15 is 0 Å². The van der Waals surface area contributed by atoms with Gasteiger partial charge in [0.15, 0.2) is 5.69 Å². The first-order chi connectivity index (χ1) is 20.7. The monoisotopic (exact) mass is 640 g/mol. The maximum Gasteiger partial charge on any atom is 0.357 e. The van der Waals surface area contributed by atoms with Crippen molar-refractivity contribution in [2.45, 2.75) is 42.7 Å². The van der Waals surface area contributed by atoms with E-state index in [0.29, 0.717) is 10.8 Å². The molecule has 0 aliphatic carbocycles. The number of hydrogen-bond donors (Lipinski definition) is 0. The average molecular weight is 641 g/mol. The van der Waals surface area contributed by atoms with Crippen LogP contribution in [-0.4, -0.2) is 77.7 Å². The van der Waals surface area contributed by atoms with Crippen LogP contribution in [0.25, 0.3) is 10.2 Å². The predicted octanol–water partition coefficient (Wildman–Crippen LogP) is 4.86. The van der Waals surface area contributed by atoms with Crippen molar-refractivity contribution in [2.75, 3.05) is 26.7 Å². The summed E-state index contributed by atoms with van der Waals surface area (Å²) in [6.45, 7) is 3.59. The number of hydrogen-bond acceptors (Lipinski definition) is 11. The molecule has 2 fully saturated rings. The van der Waals surface area contributed by atoms with Crippen LogP contribution in [-0.2, 0) is 14.8 Å². The molecular formula is C28H28N6O6S3. The summed E-state index contributed by atoms with van der Waals surface area (Å²) in [6.07, 6.45) is 1.60. The molecule has 4 aromatic rings. The largest absolute Gasteiger partial charge is 0.461 e. The van der Waals surface area contributed by atoms with Gasteiger partial charge >= 0.3 is 5.97 Å². The van der Waals surface area contributed by atoms with Crippen molar-refractivity contribution in [3.05, 3.63) is 79.7 Å². The second-order valence-corrected chi connectivity index (χ2v) is 13.9. The zero-order chi connectivity index (χ0) is 30.3. The molecule has 2 aromatic heterocycles. The highest BCUT2D eigenvalue weighted by Crippen LogP contribution is 2.52. The van der Waals surface area contributed by atoms with Gasteiger partial charge in [0.25, 0.3) is 15.7 Å². The van der Waals surface area contributed by atoms with E-state index < -0.39 is 26.8 Å². The number of para-hydroxylation sites is 1. The second kappa shape index (κ2) is 11.7. The van der Waals surface area contributed by atoms with E-state index in [9.17, 15) is 23.3 Å². The number of likely N-dealkylation sites (tertiary alicyclic amines) is 2. The number of esters is 1. The maximum atomic E-state index is 13.7. The van der Waals surface area contributed by atoms with Crippen molar-refractivity contribution in [1.82, 2.24) is 19.8 Å². The van der Waals surface area contributed by atoms with Crippen LogP contribution in [0.1, 0.15) is 52.2 Å². The first-order valence-electron chi connectivity index (χ1n) is 13.7. The topological polar surface area (TPSA) is 148 Å². The number of nitro benzene ring substituents is 1. The molecule has 224 valence electrons. The molecular weight excluding hydrogens is 613 g/mol. The van der Waals surface area contributed by atoms with Gasteiger partial charge in [0.05, 0.1) is 38.6 Å². The molecule has 2 unspecified atom stereocenters. The fourth-order valence-electron chi connectivity index (χ4n) is 5.48. The van der Waals surface area contributed by atoms with E-state index in [4.69, 9.17) is 9.72 Å². The Balaban J connectivity index is 1.48. The number of rotatable bonds is 8. The number of piperidine rings is 1. The Morgan fingerprint density at radius 3 is 2.51 bits per heavy atom. The lowest BCUT2D eigenvalue weighted by Gasteiger charge is -2.53. The van der Waals surface area contributed by atoms with Gasteiger partial charge in [0, 0.05) is 23.6 Å². The molecule has 0 amide bonds. The smallest absolute Gasteiger partial charge is 0.357 e. The lowest BCUT2D eigenvalue weighted by Crippen LogP contribution is -2.60. The van der Waals surface area contributed by atoms with E-state index in [0.717, 1.165) is 53.3 Å². The first kappa shape index (κ1) is 29.3. The molecule has 2 aliphatic heterocycles. The molecule has 2 aromatic carbocycles. The zero-order valence-corrected chi connectivity index (χ0v) is 25.8. The van der Waals surface area contributed by atoms with Crippen LogP contribution in [0, 0.1) is 10.1 Å². The highest BCUT2D eigenvalue weighted by molar-refractivity contribution is 7.90. The van der Waals surface area contributed by atoms with Crippen molar-refractivity contribution in [3.63, 3.8) is 0 Å². The molecule has 43 heavy (non-hydrogen) atoms. The molecule has 0 N–H and O–H groups in total. The highest BCUT2D eigenvalue weighted by atomic mass is 32.2. The van der Waals surface area contributed by atoms with E-state index in [1.54, 1.807) is 23.6 Å². The van der Waals surface area contributed by atoms with Gasteiger partial charge in [0.2, 0.25) is 0 Å². The van der Waals surface area contributed by atoms with Crippen molar-refractivity contribution in [2.24, 2.45) is 4.40 Å². The Morgan fingerprint density at radius 1 is 1.12 bits per heavy atom. The molecule has 0 bridgehead atoms. The number of sulfonamides is 1. The number of fused-ring (bicyclic) bond motifs is 1. The number of carbonyl (C=O) groups is 1. The summed E-state index contributed by atoms with van der Waals surface area (Å²) in [6, 6.07) is 12.2. The molecule has 4 heterocycles. The summed E-state index contributed by atoms with van der Waals surface area (Å²) in [4.78, 5) is 36.7. The number of nitrogens with zero attached hydrogens (tertiary/aromatic N) is 6. The summed E-state index contributed by atoms with van der Waals surface area (Å²) < 4.78 is 37.8. The first-order valence-corrected chi connectivity index (χ1v) is 16.8. The molecule has 2 aliphatic rings. The van der Waals surface area contributed by atoms with Gasteiger partial charge in [0.1, 0.15) is 15.9 Å². The lowest BCUT2D eigenvalue weighted by molar-refractivity contribution is -0.384. The summed E-state index contributed by atoms with van der Waals surface area (Å²) in [5.41, 5.74) is 0.784. The quantitative estimate of drug-likeness (QED) is 0.149. The van der Waals surface area contributed by atoms with E-state index in [1.165, 1.54) is 23.5 Å². The number of ether oxygens (including phenoxy) is 1. The third-order valence-corrected chi connectivity index (χ3v) is 11.0. The molecule has 0 radical (unpaired) electrons. The minimum Gasteiger partial charge on any atom is -0.461 e. The molecule has 0 spiro atoms. The maximum absolute atomic E-state index is 13.7. The van der Waals surface area contributed by atoms with Crippen molar-refractivity contribution in [1.29, 1.82) is 0 Å². The zero-order valence-electron chi connectivity index (χ0n) is 23.3. The van der Waals surface area contributed by atoms with Crippen LogP contribution < -0.4 is 0 Å². The van der Waals surface area contributed by atoms with Crippen LogP contribution in [0.3, 0.4) is 0 Å². The Morgan fingerprint density at radius 2 is 1.84 bits per heavy atom. The van der Waals surface area contributed by atoms with Crippen molar-refractivity contribution >= 4 is 60.4 Å². The Labute approximate surface area is 255 Å². The number of nitro groups is 1. The number of benzene rings is 2. The SMILES string of the molecule is CCOC(=O)c1csc(C2C(=NS(=O)(=O)c3ccc([N+](=O)[O-])cc3)N(C3CCN(C)CC3)C2c2nc3ccccc3s2)n1. The number of carbonyl (C=O) groups excluding carboxylic acids is 1. The summed E-state index contributed by atoms with van der Waals surface area (Å²) in [7, 11) is -2.20. The Kier molecular flexibility index (Phi) is 7.98. The Hall–Kier alpha value is -3.79. The standard InChI is InChI=1S/C28H28N6O6S3/c1-3-40-28(35)21-16-41-26(30-21)23-24(27-29-20-6-4-5-7-22(20)42-27)33(17-12-14-32(2)15-13-17)25(23)31-43(38,39)19-10-8-18(9-11-19)34(36)37/h4-11,16-17,23-24H,3,12-15H2,1-2H3. The highest BCUT2D eigenvalue weighted by Gasteiger charge is 2.53. The van der Waals surface area contributed by atoms with Crippen LogP contribution in [0.2, 0.25) is 0 Å². The molecule has 0 saturated carbocycles. The number of thiazole rings is 2. The average Bonchev–Trinajstić information content (AvgIpc) is 3.64. The molecule has 12 nitrogen and oxygen atoms in total. The van der Waals surface area contributed by atoms with Gasteiger partial charge in [-0.3, -0.25) is 10.1 Å².